The number of rotatable bonds is 7. The highest BCUT2D eigenvalue weighted by Gasteiger charge is 2.55. The van der Waals surface area contributed by atoms with Gasteiger partial charge in [0.15, 0.2) is 12.1 Å². The van der Waals surface area contributed by atoms with E-state index >= 15 is 0 Å². The molecule has 7 rings (SSSR count). The summed E-state index contributed by atoms with van der Waals surface area (Å²) in [5, 5.41) is 28.6. The molecule has 13 heteroatoms. The number of methoxy groups -OCH3 is 1. The number of hydrogen-bond acceptors (Lipinski definition) is 10. The molecule has 0 N–H and O–H groups in total. The Hall–Kier alpha value is -5.98. The van der Waals surface area contributed by atoms with Gasteiger partial charge in [0.1, 0.15) is 12.3 Å². The molecule has 4 aromatic rings. The molecular weight excluding hydrogens is 578 g/mol. The average Bonchev–Trinajstić information content (AvgIpc) is 3.76. The van der Waals surface area contributed by atoms with Crippen molar-refractivity contribution in [1.29, 1.82) is 0 Å². The summed E-state index contributed by atoms with van der Waals surface area (Å²) >= 11 is 0. The third-order valence-electron chi connectivity index (χ3n) is 8.24. The van der Waals surface area contributed by atoms with Crippen molar-refractivity contribution in [2.75, 3.05) is 18.6 Å². The summed E-state index contributed by atoms with van der Waals surface area (Å²) in [5.74, 6) is -0.995. The molecular formula is C32H25N7O6. The van der Waals surface area contributed by atoms with Crippen LogP contribution in [0.1, 0.15) is 23.6 Å². The van der Waals surface area contributed by atoms with Crippen LogP contribution < -0.4 is 9.64 Å². The zero-order valence-electron chi connectivity index (χ0n) is 23.9. The van der Waals surface area contributed by atoms with Crippen molar-refractivity contribution >= 4 is 45.6 Å². The quantitative estimate of drug-likeness (QED) is 0.172. The number of anilines is 1. The van der Waals surface area contributed by atoms with E-state index < -0.39 is 40.8 Å². The number of imide groups is 1. The molecule has 45 heavy (non-hydrogen) atoms. The van der Waals surface area contributed by atoms with Gasteiger partial charge in [-0.1, -0.05) is 59.8 Å². The summed E-state index contributed by atoms with van der Waals surface area (Å²) in [5.41, 5.74) is 2.50. The molecule has 0 aromatic heterocycles. The number of carbonyl (C=O) groups is 3. The minimum Gasteiger partial charge on any atom is -0.497 e. The lowest BCUT2D eigenvalue weighted by atomic mass is 9.95. The average molecular weight is 604 g/mol. The van der Waals surface area contributed by atoms with E-state index in [-0.39, 0.29) is 17.9 Å². The van der Waals surface area contributed by atoms with Gasteiger partial charge in [0, 0.05) is 24.1 Å². The molecule has 1 fully saturated rings. The number of non-ortho nitro benzene ring substituents is 1. The van der Waals surface area contributed by atoms with Crippen molar-refractivity contribution in [2.24, 2.45) is 15.4 Å². The van der Waals surface area contributed by atoms with Gasteiger partial charge in [0.2, 0.25) is 0 Å². The first-order chi connectivity index (χ1) is 21.8. The van der Waals surface area contributed by atoms with Gasteiger partial charge in [0.05, 0.1) is 29.5 Å². The maximum absolute atomic E-state index is 14.0. The van der Waals surface area contributed by atoms with E-state index in [0.717, 1.165) is 32.5 Å². The molecule has 0 unspecified atom stereocenters. The number of carbonyl (C=O) groups excluding carboxylic acids is 3. The summed E-state index contributed by atoms with van der Waals surface area (Å²) in [6, 6.07) is 23.7. The zero-order chi connectivity index (χ0) is 31.2. The Balaban J connectivity index is 1.17. The van der Waals surface area contributed by atoms with Crippen LogP contribution in [0, 0.1) is 10.1 Å². The molecule has 0 saturated carbocycles. The van der Waals surface area contributed by atoms with E-state index in [1.807, 2.05) is 66.7 Å². The minimum atomic E-state index is -1.13. The minimum absolute atomic E-state index is 0.176. The molecule has 3 aliphatic heterocycles. The van der Waals surface area contributed by atoms with Crippen LogP contribution in [0.2, 0.25) is 0 Å². The highest BCUT2D eigenvalue weighted by Crippen LogP contribution is 2.37. The van der Waals surface area contributed by atoms with Crippen LogP contribution in [-0.2, 0) is 14.4 Å². The first-order valence-electron chi connectivity index (χ1n) is 14.2. The molecule has 0 spiro atoms. The molecule has 224 valence electrons. The number of ether oxygens (including phenoxy) is 1. The van der Waals surface area contributed by atoms with Crippen LogP contribution in [0.25, 0.3) is 10.8 Å². The van der Waals surface area contributed by atoms with E-state index in [9.17, 15) is 24.5 Å². The smallest absolute Gasteiger partial charge is 0.269 e. The van der Waals surface area contributed by atoms with E-state index in [2.05, 4.69) is 10.3 Å². The Kier molecular flexibility index (Phi) is 6.76. The Labute approximate surface area is 256 Å². The summed E-state index contributed by atoms with van der Waals surface area (Å²) in [4.78, 5) is 52.0. The molecule has 3 heterocycles. The molecule has 0 radical (unpaired) electrons. The first kappa shape index (κ1) is 27.8. The molecule has 0 bridgehead atoms. The van der Waals surface area contributed by atoms with Gasteiger partial charge in [-0.3, -0.25) is 29.5 Å². The summed E-state index contributed by atoms with van der Waals surface area (Å²) in [6.07, 6.45) is 0.449. The van der Waals surface area contributed by atoms with Crippen LogP contribution in [0.4, 0.5) is 11.4 Å². The highest BCUT2D eigenvalue weighted by atomic mass is 16.6. The lowest BCUT2D eigenvalue weighted by molar-refractivity contribution is -0.384. The molecule has 0 aliphatic carbocycles. The van der Waals surface area contributed by atoms with Crippen LogP contribution in [-0.4, -0.2) is 64.1 Å². The van der Waals surface area contributed by atoms with Gasteiger partial charge in [-0.15, -0.1) is 0 Å². The van der Waals surface area contributed by atoms with Crippen molar-refractivity contribution in [1.82, 2.24) is 10.0 Å². The van der Waals surface area contributed by atoms with Crippen LogP contribution >= 0.6 is 0 Å². The van der Waals surface area contributed by atoms with Crippen LogP contribution in [0.3, 0.4) is 0 Å². The van der Waals surface area contributed by atoms with Crippen molar-refractivity contribution in [3.05, 3.63) is 112 Å². The number of benzene rings is 4. The normalized spacial score (nSPS) is 20.6. The second kappa shape index (κ2) is 10.9. The fourth-order valence-corrected chi connectivity index (χ4v) is 6.01. The lowest BCUT2D eigenvalue weighted by Crippen LogP contribution is -2.44. The fourth-order valence-electron chi connectivity index (χ4n) is 6.01. The topological polar surface area (TPSA) is 150 Å². The van der Waals surface area contributed by atoms with E-state index in [1.165, 1.54) is 34.3 Å². The van der Waals surface area contributed by atoms with Crippen molar-refractivity contribution in [3.63, 3.8) is 0 Å². The maximum atomic E-state index is 14.0. The van der Waals surface area contributed by atoms with Crippen molar-refractivity contribution in [3.8, 4) is 5.75 Å². The second-order valence-electron chi connectivity index (χ2n) is 10.8. The number of nitro groups is 1. The molecule has 3 amide bonds. The summed E-state index contributed by atoms with van der Waals surface area (Å²) in [7, 11) is 1.58. The van der Waals surface area contributed by atoms with E-state index in [4.69, 9.17) is 9.84 Å². The molecule has 3 aliphatic rings. The lowest BCUT2D eigenvalue weighted by Gasteiger charge is -2.25. The molecule has 1 saturated heterocycles. The number of fused-ring (bicyclic) bond motifs is 2. The van der Waals surface area contributed by atoms with Crippen molar-refractivity contribution in [2.45, 2.75) is 24.5 Å². The third kappa shape index (κ3) is 4.74. The predicted molar refractivity (Wildman–Crippen MR) is 162 cm³/mol. The standard InChI is InChI=1S/C32H25N7O6/c1-45-23-15-9-20(10-16-23)27-17-26(25-8-4-6-19-5-2-3-7-24(19)25)34-38(27)28(40)18-36-30-29(33-35-36)31(41)37(32(30)42)21-11-13-22(14-12-21)39(43)44/h2-16,27,29-30H,17-18H2,1H3/t27-,29+,30+/m1/s1. The first-order valence-corrected chi connectivity index (χ1v) is 14.2. The zero-order valence-corrected chi connectivity index (χ0v) is 23.9. The van der Waals surface area contributed by atoms with Gasteiger partial charge in [-0.05, 0) is 40.6 Å². The molecule has 4 aromatic carbocycles. The van der Waals surface area contributed by atoms with Gasteiger partial charge >= 0.3 is 0 Å². The number of nitrogens with zero attached hydrogens (tertiary/aromatic N) is 7. The Bertz CT molecular complexity index is 1920. The van der Waals surface area contributed by atoms with Gasteiger partial charge in [-0.2, -0.15) is 10.2 Å². The number of hydrogen-bond donors (Lipinski definition) is 0. The molecule has 13 nitrogen and oxygen atoms in total. The maximum Gasteiger partial charge on any atom is 0.269 e. The largest absolute Gasteiger partial charge is 0.497 e. The van der Waals surface area contributed by atoms with E-state index in [0.29, 0.717) is 12.2 Å². The second-order valence-corrected chi connectivity index (χ2v) is 10.8. The van der Waals surface area contributed by atoms with E-state index in [1.54, 1.807) is 7.11 Å². The summed E-state index contributed by atoms with van der Waals surface area (Å²) < 4.78 is 5.32. The Morgan fingerprint density at radius 3 is 2.42 bits per heavy atom. The Morgan fingerprint density at radius 2 is 1.69 bits per heavy atom. The van der Waals surface area contributed by atoms with Crippen LogP contribution in [0.5, 0.6) is 5.75 Å². The summed E-state index contributed by atoms with van der Waals surface area (Å²) in [6.45, 7) is -0.350. The van der Waals surface area contributed by atoms with Gasteiger partial charge < -0.3 is 4.74 Å². The van der Waals surface area contributed by atoms with Gasteiger partial charge in [-0.25, -0.2) is 9.91 Å². The SMILES string of the molecule is COc1ccc([C@H]2CC(c3cccc4ccccc34)=NN2C(=O)CN2N=N[C@@H]3C(=O)N(c4ccc([N+](=O)[O-])cc4)C(=O)[C@H]32)cc1. The number of nitro benzene ring substituents is 1. The highest BCUT2D eigenvalue weighted by molar-refractivity contribution is 6.25. The predicted octanol–water partition coefficient (Wildman–Crippen LogP) is 4.43. The fraction of sp³-hybridized carbons (Fsp3) is 0.188. The number of amides is 3. The van der Waals surface area contributed by atoms with Crippen LogP contribution in [0.15, 0.2) is 106 Å². The van der Waals surface area contributed by atoms with Gasteiger partial charge in [0.25, 0.3) is 23.4 Å². The third-order valence-corrected chi connectivity index (χ3v) is 8.24. The monoisotopic (exact) mass is 603 g/mol. The number of hydrazone groups is 1. The van der Waals surface area contributed by atoms with Crippen molar-refractivity contribution < 1.29 is 24.0 Å². The molecule has 3 atom stereocenters. The Morgan fingerprint density at radius 1 is 0.956 bits per heavy atom.